The first-order chi connectivity index (χ1) is 11.2. The van der Waals surface area contributed by atoms with Gasteiger partial charge in [0.25, 0.3) is 0 Å². The van der Waals surface area contributed by atoms with Gasteiger partial charge < -0.3 is 5.32 Å². The van der Waals surface area contributed by atoms with Gasteiger partial charge in [0.15, 0.2) is 0 Å². The van der Waals surface area contributed by atoms with Crippen molar-refractivity contribution in [3.8, 4) is 0 Å². The summed E-state index contributed by atoms with van der Waals surface area (Å²) < 4.78 is 1.74. The smallest absolute Gasteiger partial charge is 0.226 e. The number of carbonyl (C=O) groups is 1. The van der Waals surface area contributed by atoms with Crippen LogP contribution in [0.25, 0.3) is 0 Å². The van der Waals surface area contributed by atoms with Crippen LogP contribution in [0, 0.1) is 12.3 Å². The molecule has 0 bridgehead atoms. The minimum absolute atomic E-state index is 0.0121. The summed E-state index contributed by atoms with van der Waals surface area (Å²) >= 11 is 0. The molecule has 7 heteroatoms. The highest BCUT2D eigenvalue weighted by Gasteiger charge is 2.35. The van der Waals surface area contributed by atoms with Gasteiger partial charge in [0.1, 0.15) is 12.1 Å². The van der Waals surface area contributed by atoms with Crippen LogP contribution >= 0.6 is 0 Å². The van der Waals surface area contributed by atoms with Crippen LogP contribution in [-0.4, -0.2) is 31.1 Å². The molecule has 1 N–H and O–H groups in total. The molecule has 7 nitrogen and oxygen atoms in total. The highest BCUT2D eigenvalue weighted by Crippen LogP contribution is 2.40. The molecule has 0 unspecified atom stereocenters. The monoisotopic (exact) mass is 314 g/mol. The number of nitrogens with zero attached hydrogens (tertiary/aromatic N) is 5. The van der Waals surface area contributed by atoms with E-state index in [9.17, 15) is 4.79 Å². The normalized spacial score (nSPS) is 16.9. The van der Waals surface area contributed by atoms with E-state index in [-0.39, 0.29) is 11.3 Å². The third-order valence-electron chi connectivity index (χ3n) is 4.49. The summed E-state index contributed by atoms with van der Waals surface area (Å²) in [5.41, 5.74) is 0.825. The van der Waals surface area contributed by atoms with E-state index in [4.69, 9.17) is 0 Å². The molecule has 1 amide bonds. The summed E-state index contributed by atoms with van der Waals surface area (Å²) in [4.78, 5) is 16.8. The Kier molecular flexibility index (Phi) is 4.64. The number of amides is 1. The van der Waals surface area contributed by atoms with Crippen molar-refractivity contribution < 1.29 is 4.79 Å². The molecule has 0 atom stereocenters. The maximum atomic E-state index is 12.5. The lowest BCUT2D eigenvalue weighted by molar-refractivity contribution is -0.119. The Morgan fingerprint density at radius 3 is 2.83 bits per heavy atom. The Morgan fingerprint density at radius 1 is 1.30 bits per heavy atom. The van der Waals surface area contributed by atoms with E-state index >= 15 is 0 Å². The predicted molar refractivity (Wildman–Crippen MR) is 85.6 cm³/mol. The first kappa shape index (κ1) is 15.6. The van der Waals surface area contributed by atoms with Crippen LogP contribution in [-0.2, 0) is 11.3 Å². The molecular weight excluding hydrogens is 292 g/mol. The summed E-state index contributed by atoms with van der Waals surface area (Å²) in [6.45, 7) is 2.60. The average Bonchev–Trinajstić information content (AvgIpc) is 3.00. The first-order valence-corrected chi connectivity index (χ1v) is 8.10. The lowest BCUT2D eigenvalue weighted by Gasteiger charge is -2.36. The number of hydrogen-bond acceptors (Lipinski definition) is 5. The molecule has 0 aliphatic heterocycles. The van der Waals surface area contributed by atoms with Crippen molar-refractivity contribution in [2.24, 2.45) is 5.41 Å². The number of aryl methyl sites for hydroxylation is 1. The topological polar surface area (TPSA) is 85.6 Å². The minimum atomic E-state index is -0.0679. The quantitative estimate of drug-likeness (QED) is 0.915. The molecule has 1 aliphatic rings. The van der Waals surface area contributed by atoms with E-state index in [1.165, 1.54) is 6.42 Å². The van der Waals surface area contributed by atoms with Gasteiger partial charge in [0.2, 0.25) is 5.91 Å². The van der Waals surface area contributed by atoms with Crippen molar-refractivity contribution in [3.63, 3.8) is 0 Å². The molecule has 1 aliphatic carbocycles. The van der Waals surface area contributed by atoms with Crippen LogP contribution in [0.1, 0.15) is 44.2 Å². The van der Waals surface area contributed by atoms with Gasteiger partial charge in [0, 0.05) is 12.1 Å². The third kappa shape index (κ3) is 4.12. The van der Waals surface area contributed by atoms with Crippen molar-refractivity contribution in [1.29, 1.82) is 0 Å². The van der Waals surface area contributed by atoms with Crippen LogP contribution in [0.5, 0.6) is 0 Å². The summed E-state index contributed by atoms with van der Waals surface area (Å²) in [6.07, 6.45) is 7.69. The largest absolute Gasteiger partial charge is 0.311 e. The number of rotatable bonds is 5. The number of anilines is 1. The fraction of sp³-hybridized carbons (Fsp3) is 0.562. The second kappa shape index (κ2) is 6.85. The van der Waals surface area contributed by atoms with Crippen molar-refractivity contribution >= 4 is 11.7 Å². The van der Waals surface area contributed by atoms with Gasteiger partial charge in [-0.15, -0.1) is 5.10 Å². The number of hydrogen-bond donors (Lipinski definition) is 1. The highest BCUT2D eigenvalue weighted by molar-refractivity contribution is 5.90. The van der Waals surface area contributed by atoms with E-state index < -0.39 is 0 Å². The van der Waals surface area contributed by atoms with E-state index in [0.717, 1.165) is 31.4 Å². The van der Waals surface area contributed by atoms with E-state index in [1.807, 2.05) is 25.1 Å². The second-order valence-electron chi connectivity index (χ2n) is 6.46. The Labute approximate surface area is 135 Å². The van der Waals surface area contributed by atoms with Crippen LogP contribution < -0.4 is 5.32 Å². The number of nitrogens with one attached hydrogen (secondary N) is 1. The van der Waals surface area contributed by atoms with E-state index in [2.05, 4.69) is 25.8 Å². The zero-order chi connectivity index (χ0) is 16.1. The Hall–Kier alpha value is -2.31. The molecule has 3 rings (SSSR count). The molecule has 0 radical (unpaired) electrons. The number of carbonyl (C=O) groups excluding carboxylic acids is 1. The number of tetrazole rings is 1. The van der Waals surface area contributed by atoms with Gasteiger partial charge in [-0.05, 0) is 47.7 Å². The lowest BCUT2D eigenvalue weighted by atomic mass is 9.71. The number of pyridine rings is 1. The third-order valence-corrected chi connectivity index (χ3v) is 4.49. The van der Waals surface area contributed by atoms with Crippen LogP contribution in [0.15, 0.2) is 24.5 Å². The highest BCUT2D eigenvalue weighted by atomic mass is 16.1. The fourth-order valence-electron chi connectivity index (χ4n) is 3.43. The Balaban J connectivity index is 1.69. The zero-order valence-corrected chi connectivity index (χ0v) is 13.4. The molecular formula is C16H22N6O. The van der Waals surface area contributed by atoms with Gasteiger partial charge in [0.05, 0.1) is 6.54 Å². The fourth-order valence-corrected chi connectivity index (χ4v) is 3.43. The zero-order valence-electron chi connectivity index (χ0n) is 13.4. The number of aromatic nitrogens is 5. The van der Waals surface area contributed by atoms with Crippen LogP contribution in [0.4, 0.5) is 5.82 Å². The van der Waals surface area contributed by atoms with Crippen molar-refractivity contribution in [2.75, 3.05) is 5.32 Å². The summed E-state index contributed by atoms with van der Waals surface area (Å²) in [5, 5.41) is 14.3. The van der Waals surface area contributed by atoms with Gasteiger partial charge in [-0.1, -0.05) is 25.3 Å². The molecule has 1 fully saturated rings. The SMILES string of the molecule is Cc1cccc(NC(=O)CC2(Cn3cnnn3)CCCCC2)n1. The van der Waals surface area contributed by atoms with Gasteiger partial charge in [-0.3, -0.25) is 4.79 Å². The molecule has 2 aromatic heterocycles. The van der Waals surface area contributed by atoms with E-state index in [1.54, 1.807) is 11.0 Å². The van der Waals surface area contributed by atoms with Crippen LogP contribution in [0.2, 0.25) is 0 Å². The van der Waals surface area contributed by atoms with Crippen molar-refractivity contribution in [2.45, 2.75) is 52.0 Å². The Bertz CT molecular complexity index is 648. The average molecular weight is 314 g/mol. The van der Waals surface area contributed by atoms with Crippen LogP contribution in [0.3, 0.4) is 0 Å². The minimum Gasteiger partial charge on any atom is -0.311 e. The maximum Gasteiger partial charge on any atom is 0.226 e. The molecule has 122 valence electrons. The van der Waals surface area contributed by atoms with Crippen molar-refractivity contribution in [1.82, 2.24) is 25.2 Å². The summed E-state index contributed by atoms with van der Waals surface area (Å²) in [5.74, 6) is 0.626. The van der Waals surface area contributed by atoms with E-state index in [0.29, 0.717) is 18.8 Å². The second-order valence-corrected chi connectivity index (χ2v) is 6.46. The van der Waals surface area contributed by atoms with Gasteiger partial charge >= 0.3 is 0 Å². The molecule has 0 spiro atoms. The first-order valence-electron chi connectivity index (χ1n) is 8.10. The molecule has 0 saturated heterocycles. The molecule has 2 heterocycles. The Morgan fingerprint density at radius 2 is 2.13 bits per heavy atom. The molecule has 2 aromatic rings. The summed E-state index contributed by atoms with van der Waals surface area (Å²) in [7, 11) is 0. The van der Waals surface area contributed by atoms with Gasteiger partial charge in [-0.25, -0.2) is 9.67 Å². The molecule has 1 saturated carbocycles. The summed E-state index contributed by atoms with van der Waals surface area (Å²) in [6, 6.07) is 5.63. The molecule has 23 heavy (non-hydrogen) atoms. The predicted octanol–water partition coefficient (Wildman–Crippen LogP) is 2.36. The standard InChI is InChI=1S/C16H22N6O/c1-13-6-5-7-14(18-13)19-15(23)10-16(8-3-2-4-9-16)11-22-12-17-20-21-22/h5-7,12H,2-4,8-11H2,1H3,(H,18,19,23). The maximum absolute atomic E-state index is 12.5. The van der Waals surface area contributed by atoms with Crippen molar-refractivity contribution in [3.05, 3.63) is 30.2 Å². The molecule has 0 aromatic carbocycles. The van der Waals surface area contributed by atoms with Gasteiger partial charge in [-0.2, -0.15) is 0 Å². The lowest BCUT2D eigenvalue weighted by Crippen LogP contribution is -2.34.